The summed E-state index contributed by atoms with van der Waals surface area (Å²) in [7, 11) is 0. The van der Waals surface area contributed by atoms with Crippen molar-refractivity contribution in [2.45, 2.75) is 38.0 Å². The molecule has 2 N–H and O–H groups in total. The summed E-state index contributed by atoms with van der Waals surface area (Å²) in [6.45, 7) is 2.58. The maximum atomic E-state index is 12.5. The van der Waals surface area contributed by atoms with E-state index >= 15 is 0 Å². The molecule has 0 aromatic heterocycles. The molecule has 4 nitrogen and oxygen atoms in total. The minimum atomic E-state index is -0.0959. The monoisotopic (exact) mass is 350 g/mol. The second-order valence-corrected chi connectivity index (χ2v) is 6.87. The zero-order valence-corrected chi connectivity index (χ0v) is 15.2. The van der Waals surface area contributed by atoms with Crippen LogP contribution < -0.4 is 5.84 Å². The number of rotatable bonds is 6. The summed E-state index contributed by atoms with van der Waals surface area (Å²) in [6.07, 6.45) is 4.59. The summed E-state index contributed by atoms with van der Waals surface area (Å²) in [5.74, 6) is 5.37. The molecule has 26 heavy (non-hydrogen) atoms. The predicted octanol–water partition coefficient (Wildman–Crippen LogP) is 4.21. The molecule has 1 fully saturated rings. The molecule has 2 aromatic carbocycles. The van der Waals surface area contributed by atoms with E-state index in [9.17, 15) is 4.79 Å². The first-order chi connectivity index (χ1) is 12.7. The van der Waals surface area contributed by atoms with Gasteiger partial charge in [0, 0.05) is 11.8 Å². The van der Waals surface area contributed by atoms with Crippen LogP contribution in [-0.2, 0) is 9.53 Å². The van der Waals surface area contributed by atoms with Gasteiger partial charge in [-0.15, -0.1) is 0 Å². The number of ether oxygens (including phenoxy) is 1. The molecule has 1 aliphatic heterocycles. The molecule has 0 amide bonds. The number of unbranched alkanes of at least 4 members (excludes halogenated alkanes) is 1. The van der Waals surface area contributed by atoms with Gasteiger partial charge >= 0.3 is 5.97 Å². The van der Waals surface area contributed by atoms with E-state index in [1.165, 1.54) is 11.1 Å². The van der Waals surface area contributed by atoms with Crippen LogP contribution in [0.4, 0.5) is 0 Å². The van der Waals surface area contributed by atoms with Gasteiger partial charge in [0.05, 0.1) is 18.7 Å². The standard InChI is InChI=1S/C22H26N2O2/c1-2-3-9-19-21(18-7-5-4-6-8-18)20(15-26-22(19)25)17-12-10-16(11-13-17)14-24-23/h4-8,10-14,19-21H,2-3,9,15,23H2,1H3. The van der Waals surface area contributed by atoms with Crippen molar-refractivity contribution in [2.75, 3.05) is 6.61 Å². The first-order valence-electron chi connectivity index (χ1n) is 9.29. The lowest BCUT2D eigenvalue weighted by molar-refractivity contribution is -0.156. The number of hydrogen-bond donors (Lipinski definition) is 1. The van der Waals surface area contributed by atoms with E-state index in [0.717, 1.165) is 24.8 Å². The number of cyclic esters (lactones) is 1. The fraction of sp³-hybridized carbons (Fsp3) is 0.364. The quantitative estimate of drug-likeness (QED) is 0.367. The van der Waals surface area contributed by atoms with E-state index in [0.29, 0.717) is 6.61 Å². The van der Waals surface area contributed by atoms with E-state index in [2.05, 4.69) is 36.3 Å². The summed E-state index contributed by atoms with van der Waals surface area (Å²) < 4.78 is 5.60. The Balaban J connectivity index is 1.96. The molecule has 3 unspecified atom stereocenters. The first-order valence-corrected chi connectivity index (χ1v) is 9.29. The highest BCUT2D eigenvalue weighted by atomic mass is 16.5. The van der Waals surface area contributed by atoms with Crippen LogP contribution in [0.2, 0.25) is 0 Å². The van der Waals surface area contributed by atoms with Crippen molar-refractivity contribution in [1.82, 2.24) is 0 Å². The third-order valence-electron chi connectivity index (χ3n) is 5.22. The molecule has 1 heterocycles. The Bertz CT molecular complexity index is 740. The number of carbonyl (C=O) groups excluding carboxylic acids is 1. The zero-order chi connectivity index (χ0) is 18.4. The van der Waals surface area contributed by atoms with Crippen LogP contribution in [0.5, 0.6) is 0 Å². The molecule has 4 heteroatoms. The number of hydrazone groups is 1. The lowest BCUT2D eigenvalue weighted by Crippen LogP contribution is -2.37. The van der Waals surface area contributed by atoms with Crippen LogP contribution in [-0.4, -0.2) is 18.8 Å². The van der Waals surface area contributed by atoms with E-state index in [-0.39, 0.29) is 23.7 Å². The smallest absolute Gasteiger partial charge is 0.309 e. The SMILES string of the molecule is CCCCC1C(=O)OCC(c2ccc(C=NN)cc2)C1c1ccccc1. The largest absolute Gasteiger partial charge is 0.465 e. The Morgan fingerprint density at radius 2 is 1.85 bits per heavy atom. The Hall–Kier alpha value is -2.62. The highest BCUT2D eigenvalue weighted by molar-refractivity contribution is 5.79. The maximum Gasteiger partial charge on any atom is 0.309 e. The van der Waals surface area contributed by atoms with Crippen LogP contribution in [0.25, 0.3) is 0 Å². The fourth-order valence-electron chi connectivity index (χ4n) is 3.89. The van der Waals surface area contributed by atoms with Gasteiger partial charge in [0.2, 0.25) is 0 Å². The van der Waals surface area contributed by atoms with Crippen LogP contribution >= 0.6 is 0 Å². The van der Waals surface area contributed by atoms with Crippen molar-refractivity contribution in [3.05, 3.63) is 71.3 Å². The molecule has 1 aliphatic rings. The number of nitrogens with two attached hydrogens (primary N) is 1. The topological polar surface area (TPSA) is 64.7 Å². The third kappa shape index (κ3) is 3.96. The minimum Gasteiger partial charge on any atom is -0.465 e. The zero-order valence-electron chi connectivity index (χ0n) is 15.2. The van der Waals surface area contributed by atoms with Crippen molar-refractivity contribution < 1.29 is 9.53 Å². The lowest BCUT2D eigenvalue weighted by atomic mass is 9.71. The molecule has 3 atom stereocenters. The molecule has 136 valence electrons. The first kappa shape index (κ1) is 18.2. The van der Waals surface area contributed by atoms with Crippen LogP contribution in [0.15, 0.2) is 59.7 Å². The Labute approximate surface area is 155 Å². The van der Waals surface area contributed by atoms with E-state index < -0.39 is 0 Å². The van der Waals surface area contributed by atoms with Gasteiger partial charge in [-0.25, -0.2) is 0 Å². The molecular formula is C22H26N2O2. The van der Waals surface area contributed by atoms with Gasteiger partial charge in [0.15, 0.2) is 0 Å². The molecule has 0 spiro atoms. The molecule has 0 saturated carbocycles. The van der Waals surface area contributed by atoms with Gasteiger partial charge < -0.3 is 10.6 Å². The fourth-order valence-corrected chi connectivity index (χ4v) is 3.89. The third-order valence-corrected chi connectivity index (χ3v) is 5.22. The minimum absolute atomic E-state index is 0.0598. The van der Waals surface area contributed by atoms with Crippen LogP contribution in [0.1, 0.15) is 54.7 Å². The molecule has 0 radical (unpaired) electrons. The van der Waals surface area contributed by atoms with E-state index in [1.807, 2.05) is 30.3 Å². The molecule has 1 saturated heterocycles. The van der Waals surface area contributed by atoms with Crippen LogP contribution in [0, 0.1) is 5.92 Å². The van der Waals surface area contributed by atoms with Crippen molar-refractivity contribution >= 4 is 12.2 Å². The molecule has 2 aromatic rings. The number of esters is 1. The van der Waals surface area contributed by atoms with Crippen molar-refractivity contribution in [3.8, 4) is 0 Å². The molecule has 3 rings (SSSR count). The van der Waals surface area contributed by atoms with Gasteiger partial charge in [-0.3, -0.25) is 4.79 Å². The van der Waals surface area contributed by atoms with Gasteiger partial charge in [-0.05, 0) is 23.1 Å². The van der Waals surface area contributed by atoms with Gasteiger partial charge in [0.25, 0.3) is 0 Å². The Morgan fingerprint density at radius 3 is 2.50 bits per heavy atom. The van der Waals surface area contributed by atoms with Crippen molar-refractivity contribution in [3.63, 3.8) is 0 Å². The number of nitrogens with zero attached hydrogens (tertiary/aromatic N) is 1. The summed E-state index contributed by atoms with van der Waals surface area (Å²) in [4.78, 5) is 12.5. The van der Waals surface area contributed by atoms with Crippen molar-refractivity contribution in [1.29, 1.82) is 0 Å². The normalized spacial score (nSPS) is 23.1. The Morgan fingerprint density at radius 1 is 1.12 bits per heavy atom. The average Bonchev–Trinajstić information content (AvgIpc) is 2.68. The molecule has 0 bridgehead atoms. The highest BCUT2D eigenvalue weighted by Gasteiger charge is 2.41. The molecular weight excluding hydrogens is 324 g/mol. The average molecular weight is 350 g/mol. The number of benzene rings is 2. The summed E-state index contributed by atoms with van der Waals surface area (Å²) in [6, 6.07) is 18.6. The lowest BCUT2D eigenvalue weighted by Gasteiger charge is -2.37. The van der Waals surface area contributed by atoms with Crippen molar-refractivity contribution in [2.24, 2.45) is 16.9 Å². The van der Waals surface area contributed by atoms with Gasteiger partial charge in [0.1, 0.15) is 0 Å². The van der Waals surface area contributed by atoms with E-state index in [4.69, 9.17) is 10.6 Å². The second kappa shape index (κ2) is 8.65. The summed E-state index contributed by atoms with van der Waals surface area (Å²) >= 11 is 0. The molecule has 0 aliphatic carbocycles. The van der Waals surface area contributed by atoms with Gasteiger partial charge in [-0.1, -0.05) is 74.4 Å². The van der Waals surface area contributed by atoms with Gasteiger partial charge in [-0.2, -0.15) is 5.10 Å². The predicted molar refractivity (Wildman–Crippen MR) is 104 cm³/mol. The van der Waals surface area contributed by atoms with Crippen LogP contribution in [0.3, 0.4) is 0 Å². The maximum absolute atomic E-state index is 12.5. The second-order valence-electron chi connectivity index (χ2n) is 6.87. The van der Waals surface area contributed by atoms with E-state index in [1.54, 1.807) is 6.21 Å². The Kier molecular flexibility index (Phi) is 6.05. The summed E-state index contributed by atoms with van der Waals surface area (Å²) in [5.41, 5.74) is 3.35. The summed E-state index contributed by atoms with van der Waals surface area (Å²) in [5, 5.41) is 3.57. The highest BCUT2D eigenvalue weighted by Crippen LogP contribution is 2.44. The number of carbonyl (C=O) groups is 1. The number of hydrogen-bond acceptors (Lipinski definition) is 4.